The maximum atomic E-state index is 12.5. The van der Waals surface area contributed by atoms with Crippen molar-refractivity contribution in [2.45, 2.75) is 24.8 Å². The third-order valence-electron chi connectivity index (χ3n) is 3.55. The van der Waals surface area contributed by atoms with E-state index in [1.165, 1.54) is 17.0 Å². The first kappa shape index (κ1) is 18.2. The molecule has 0 aliphatic carbocycles. The summed E-state index contributed by atoms with van der Waals surface area (Å²) >= 11 is 0. The first-order chi connectivity index (χ1) is 11.3. The van der Waals surface area contributed by atoms with Gasteiger partial charge in [-0.2, -0.15) is 0 Å². The molecule has 0 radical (unpaired) electrons. The van der Waals surface area contributed by atoms with Crippen LogP contribution < -0.4 is 0 Å². The average Bonchev–Trinajstić information content (AvgIpc) is 2.91. The minimum atomic E-state index is -3.25. The number of benzene rings is 1. The molecule has 0 saturated carbocycles. The molecule has 1 aromatic carbocycles. The van der Waals surface area contributed by atoms with Crippen LogP contribution in [-0.2, 0) is 27.6 Å². The van der Waals surface area contributed by atoms with Gasteiger partial charge >= 0.3 is 0 Å². The molecule has 1 amide bonds. The van der Waals surface area contributed by atoms with E-state index in [2.05, 4.69) is 9.97 Å². The van der Waals surface area contributed by atoms with Gasteiger partial charge in [-0.15, -0.1) is 0 Å². The zero-order chi connectivity index (χ0) is 17.7. The maximum Gasteiger partial charge on any atom is 0.227 e. The fourth-order valence-corrected chi connectivity index (χ4v) is 2.94. The minimum Gasteiger partial charge on any atom is -0.395 e. The number of rotatable bonds is 7. The van der Waals surface area contributed by atoms with Crippen LogP contribution in [0.25, 0.3) is 0 Å². The molecular weight excluding hydrogens is 330 g/mol. The fraction of sp³-hybridized carbons (Fsp3) is 0.375. The van der Waals surface area contributed by atoms with Crippen LogP contribution in [0, 0.1) is 6.92 Å². The van der Waals surface area contributed by atoms with Crippen LogP contribution in [-0.4, -0.2) is 53.7 Å². The second-order valence-corrected chi connectivity index (χ2v) is 7.64. The SMILES string of the molecule is Cc1ncc(CN(CCO)C(=O)Cc2ccc(S(C)(=O)=O)cc2)[nH]1. The predicted molar refractivity (Wildman–Crippen MR) is 89.1 cm³/mol. The number of aliphatic hydroxyl groups excluding tert-OH is 1. The van der Waals surface area contributed by atoms with Gasteiger partial charge in [0.2, 0.25) is 5.91 Å². The zero-order valence-corrected chi connectivity index (χ0v) is 14.5. The number of aliphatic hydroxyl groups is 1. The predicted octanol–water partition coefficient (Wildman–Crippen LogP) is 0.685. The molecule has 0 aliphatic rings. The van der Waals surface area contributed by atoms with Gasteiger partial charge in [0.1, 0.15) is 5.82 Å². The van der Waals surface area contributed by atoms with Gasteiger partial charge in [-0.3, -0.25) is 4.79 Å². The van der Waals surface area contributed by atoms with E-state index in [0.717, 1.165) is 23.3 Å². The average molecular weight is 351 g/mol. The largest absolute Gasteiger partial charge is 0.395 e. The van der Waals surface area contributed by atoms with E-state index in [1.807, 2.05) is 6.92 Å². The molecule has 0 bridgehead atoms. The van der Waals surface area contributed by atoms with Crippen molar-refractivity contribution in [3.05, 3.63) is 47.5 Å². The second-order valence-electron chi connectivity index (χ2n) is 5.63. The molecule has 0 atom stereocenters. The summed E-state index contributed by atoms with van der Waals surface area (Å²) in [5, 5.41) is 9.17. The number of nitrogens with zero attached hydrogens (tertiary/aromatic N) is 2. The van der Waals surface area contributed by atoms with E-state index < -0.39 is 9.84 Å². The van der Waals surface area contributed by atoms with Crippen molar-refractivity contribution < 1.29 is 18.3 Å². The molecule has 2 aromatic rings. The summed E-state index contributed by atoms with van der Waals surface area (Å²) in [6, 6.07) is 6.25. The monoisotopic (exact) mass is 351 g/mol. The Labute approximate surface area is 141 Å². The molecule has 1 heterocycles. The van der Waals surface area contributed by atoms with Crippen LogP contribution in [0.15, 0.2) is 35.4 Å². The van der Waals surface area contributed by atoms with Gasteiger partial charge in [-0.1, -0.05) is 12.1 Å². The molecule has 0 unspecified atom stereocenters. The number of carbonyl (C=O) groups excluding carboxylic acids is 1. The Kier molecular flexibility index (Phi) is 5.74. The molecule has 0 aliphatic heterocycles. The number of aromatic nitrogens is 2. The standard InChI is InChI=1S/C16H21N3O4S/c1-12-17-10-14(18-12)11-19(7-8-20)16(21)9-13-3-5-15(6-4-13)24(2,22)23/h3-6,10,20H,7-9,11H2,1-2H3,(H,17,18). The van der Waals surface area contributed by atoms with Gasteiger partial charge < -0.3 is 15.0 Å². The van der Waals surface area contributed by atoms with Gasteiger partial charge in [0.15, 0.2) is 9.84 Å². The molecule has 2 N–H and O–H groups in total. The van der Waals surface area contributed by atoms with Crippen molar-refractivity contribution in [2.24, 2.45) is 0 Å². The van der Waals surface area contributed by atoms with Crippen LogP contribution >= 0.6 is 0 Å². The smallest absolute Gasteiger partial charge is 0.227 e. The quantitative estimate of drug-likeness (QED) is 0.764. The number of amides is 1. The number of sulfone groups is 1. The molecule has 0 saturated heterocycles. The highest BCUT2D eigenvalue weighted by Gasteiger charge is 2.16. The summed E-state index contributed by atoms with van der Waals surface area (Å²) < 4.78 is 22.9. The van der Waals surface area contributed by atoms with E-state index in [9.17, 15) is 18.3 Å². The summed E-state index contributed by atoms with van der Waals surface area (Å²) in [7, 11) is -3.25. The molecule has 0 spiro atoms. The highest BCUT2D eigenvalue weighted by Crippen LogP contribution is 2.12. The Bertz CT molecular complexity index is 797. The number of aromatic amines is 1. The third kappa shape index (κ3) is 4.90. The summed E-state index contributed by atoms with van der Waals surface area (Å²) in [6.45, 7) is 2.25. The minimum absolute atomic E-state index is 0.133. The van der Waals surface area contributed by atoms with E-state index in [0.29, 0.717) is 6.54 Å². The number of aryl methyl sites for hydroxylation is 1. The fourth-order valence-electron chi connectivity index (χ4n) is 2.31. The van der Waals surface area contributed by atoms with Crippen molar-refractivity contribution in [2.75, 3.05) is 19.4 Å². The van der Waals surface area contributed by atoms with Crippen LogP contribution in [0.5, 0.6) is 0 Å². The Hall–Kier alpha value is -2.19. The lowest BCUT2D eigenvalue weighted by molar-refractivity contribution is -0.131. The molecule has 130 valence electrons. The lowest BCUT2D eigenvalue weighted by Gasteiger charge is -2.21. The number of imidazole rings is 1. The van der Waals surface area contributed by atoms with Crippen LogP contribution in [0.4, 0.5) is 0 Å². The first-order valence-corrected chi connectivity index (χ1v) is 9.37. The van der Waals surface area contributed by atoms with E-state index in [1.54, 1.807) is 18.3 Å². The molecule has 2 rings (SSSR count). The Morgan fingerprint density at radius 1 is 1.29 bits per heavy atom. The lowest BCUT2D eigenvalue weighted by atomic mass is 10.1. The van der Waals surface area contributed by atoms with Gasteiger partial charge in [0.05, 0.1) is 36.4 Å². The molecule has 24 heavy (non-hydrogen) atoms. The Morgan fingerprint density at radius 2 is 1.96 bits per heavy atom. The Morgan fingerprint density at radius 3 is 2.46 bits per heavy atom. The number of hydrogen-bond donors (Lipinski definition) is 2. The summed E-state index contributed by atoms with van der Waals surface area (Å²) in [5.74, 6) is 0.612. The highest BCUT2D eigenvalue weighted by atomic mass is 32.2. The zero-order valence-electron chi connectivity index (χ0n) is 13.7. The van der Waals surface area contributed by atoms with Gasteiger partial charge in [0, 0.05) is 12.8 Å². The second kappa shape index (κ2) is 7.59. The van der Waals surface area contributed by atoms with Gasteiger partial charge in [0.25, 0.3) is 0 Å². The highest BCUT2D eigenvalue weighted by molar-refractivity contribution is 7.90. The Balaban J connectivity index is 2.07. The molecule has 8 heteroatoms. The normalized spacial score (nSPS) is 11.5. The van der Waals surface area contributed by atoms with Crippen molar-refractivity contribution >= 4 is 15.7 Å². The van der Waals surface area contributed by atoms with Crippen molar-refractivity contribution in [1.29, 1.82) is 0 Å². The van der Waals surface area contributed by atoms with Gasteiger partial charge in [-0.05, 0) is 24.6 Å². The van der Waals surface area contributed by atoms with Crippen molar-refractivity contribution in [3.8, 4) is 0 Å². The molecular formula is C16H21N3O4S. The summed E-state index contributed by atoms with van der Waals surface area (Å²) in [5.41, 5.74) is 1.51. The van der Waals surface area contributed by atoms with E-state index in [4.69, 9.17) is 0 Å². The molecule has 1 aromatic heterocycles. The van der Waals surface area contributed by atoms with Crippen LogP contribution in [0.2, 0.25) is 0 Å². The summed E-state index contributed by atoms with van der Waals surface area (Å²) in [4.78, 5) is 21.4. The van der Waals surface area contributed by atoms with E-state index in [-0.39, 0.29) is 30.4 Å². The van der Waals surface area contributed by atoms with Crippen molar-refractivity contribution in [1.82, 2.24) is 14.9 Å². The maximum absolute atomic E-state index is 12.5. The van der Waals surface area contributed by atoms with E-state index >= 15 is 0 Å². The number of carbonyl (C=O) groups is 1. The number of H-pyrrole nitrogens is 1. The molecule has 0 fully saturated rings. The van der Waals surface area contributed by atoms with Crippen molar-refractivity contribution in [3.63, 3.8) is 0 Å². The number of hydrogen-bond acceptors (Lipinski definition) is 5. The number of nitrogens with one attached hydrogen (secondary N) is 1. The first-order valence-electron chi connectivity index (χ1n) is 7.47. The van der Waals surface area contributed by atoms with Gasteiger partial charge in [-0.25, -0.2) is 13.4 Å². The topological polar surface area (TPSA) is 103 Å². The summed E-state index contributed by atoms with van der Waals surface area (Å²) in [6.07, 6.45) is 2.94. The third-order valence-corrected chi connectivity index (χ3v) is 4.67. The van der Waals surface area contributed by atoms with Crippen LogP contribution in [0.3, 0.4) is 0 Å². The van der Waals surface area contributed by atoms with Crippen LogP contribution in [0.1, 0.15) is 17.1 Å². The molecule has 7 nitrogen and oxygen atoms in total. The lowest BCUT2D eigenvalue weighted by Crippen LogP contribution is -2.34.